The van der Waals surface area contributed by atoms with Crippen LogP contribution >= 0.6 is 0 Å². The summed E-state index contributed by atoms with van der Waals surface area (Å²) in [5, 5.41) is 4.37. The van der Waals surface area contributed by atoms with Crippen molar-refractivity contribution in [2.24, 2.45) is 0 Å². The van der Waals surface area contributed by atoms with Gasteiger partial charge in [0.2, 0.25) is 5.91 Å². The Morgan fingerprint density at radius 3 is 2.29 bits per heavy atom. The molecule has 0 aliphatic rings. The Morgan fingerprint density at radius 2 is 1.67 bits per heavy atom. The van der Waals surface area contributed by atoms with Gasteiger partial charge < -0.3 is 15.4 Å². The number of amides is 2. The fraction of sp³-hybridized carbons (Fsp3) is 0.125. The minimum atomic E-state index is -1.69. The van der Waals surface area contributed by atoms with Crippen molar-refractivity contribution in [3.05, 3.63) is 59.4 Å². The van der Waals surface area contributed by atoms with Gasteiger partial charge in [0.1, 0.15) is 5.75 Å². The lowest BCUT2D eigenvalue weighted by atomic mass is 10.2. The third-order valence-electron chi connectivity index (χ3n) is 3.07. The number of nitrogens with one attached hydrogen (secondary N) is 2. The van der Waals surface area contributed by atoms with E-state index in [1.807, 2.05) is 5.32 Å². The number of rotatable bonds is 5. The van der Waals surface area contributed by atoms with E-state index < -0.39 is 41.5 Å². The van der Waals surface area contributed by atoms with Crippen LogP contribution in [0.3, 0.4) is 0 Å². The highest BCUT2D eigenvalue weighted by molar-refractivity contribution is 5.99. The SMILES string of the molecule is COc1ccc(C(=O)NCC(=O)Nc2ccc(F)c(F)c2F)cc1. The van der Waals surface area contributed by atoms with Crippen molar-refractivity contribution < 1.29 is 27.5 Å². The summed E-state index contributed by atoms with van der Waals surface area (Å²) in [5.41, 5.74) is -0.222. The van der Waals surface area contributed by atoms with Gasteiger partial charge in [0.15, 0.2) is 17.5 Å². The Bertz CT molecular complexity index is 764. The fourth-order valence-corrected chi connectivity index (χ4v) is 1.82. The summed E-state index contributed by atoms with van der Waals surface area (Å²) in [6.45, 7) is -0.469. The van der Waals surface area contributed by atoms with Crippen LogP contribution in [0.1, 0.15) is 10.4 Å². The second-order valence-electron chi connectivity index (χ2n) is 4.68. The molecule has 0 fully saturated rings. The summed E-state index contributed by atoms with van der Waals surface area (Å²) < 4.78 is 44.2. The molecule has 0 spiro atoms. The molecule has 0 bridgehead atoms. The van der Waals surface area contributed by atoms with E-state index in [0.29, 0.717) is 17.4 Å². The zero-order valence-electron chi connectivity index (χ0n) is 12.5. The van der Waals surface area contributed by atoms with E-state index >= 15 is 0 Å². The maximum atomic E-state index is 13.4. The molecule has 0 aliphatic heterocycles. The van der Waals surface area contributed by atoms with Gasteiger partial charge >= 0.3 is 0 Å². The molecule has 0 radical (unpaired) electrons. The van der Waals surface area contributed by atoms with Gasteiger partial charge in [-0.3, -0.25) is 9.59 Å². The number of ether oxygens (including phenoxy) is 1. The van der Waals surface area contributed by atoms with Gasteiger partial charge in [-0.2, -0.15) is 0 Å². The van der Waals surface area contributed by atoms with Crippen LogP contribution in [-0.2, 0) is 4.79 Å². The molecule has 5 nitrogen and oxygen atoms in total. The molecule has 0 aliphatic carbocycles. The van der Waals surface area contributed by atoms with Gasteiger partial charge in [-0.05, 0) is 36.4 Å². The molecule has 24 heavy (non-hydrogen) atoms. The number of hydrogen-bond donors (Lipinski definition) is 2. The molecule has 0 saturated heterocycles. The van der Waals surface area contributed by atoms with Crippen molar-refractivity contribution in [1.29, 1.82) is 0 Å². The predicted molar refractivity (Wildman–Crippen MR) is 80.3 cm³/mol. The van der Waals surface area contributed by atoms with Crippen molar-refractivity contribution in [2.45, 2.75) is 0 Å². The second-order valence-corrected chi connectivity index (χ2v) is 4.68. The van der Waals surface area contributed by atoms with Gasteiger partial charge in [0, 0.05) is 5.56 Å². The molecule has 0 atom stereocenters. The van der Waals surface area contributed by atoms with Crippen molar-refractivity contribution in [1.82, 2.24) is 5.32 Å². The van der Waals surface area contributed by atoms with Crippen molar-refractivity contribution in [3.63, 3.8) is 0 Å². The Morgan fingerprint density at radius 1 is 1.00 bits per heavy atom. The predicted octanol–water partition coefficient (Wildman–Crippen LogP) is 2.48. The van der Waals surface area contributed by atoms with E-state index in [1.54, 1.807) is 12.1 Å². The second kappa shape index (κ2) is 7.49. The molecule has 2 amide bonds. The lowest BCUT2D eigenvalue weighted by Crippen LogP contribution is -2.33. The molecular weight excluding hydrogens is 325 g/mol. The van der Waals surface area contributed by atoms with Gasteiger partial charge in [0.05, 0.1) is 19.3 Å². The van der Waals surface area contributed by atoms with Crippen LogP contribution in [0.15, 0.2) is 36.4 Å². The third-order valence-corrected chi connectivity index (χ3v) is 3.07. The average molecular weight is 338 g/mol. The molecule has 2 N–H and O–H groups in total. The quantitative estimate of drug-likeness (QED) is 0.823. The first kappa shape index (κ1) is 17.3. The van der Waals surface area contributed by atoms with Crippen LogP contribution in [0, 0.1) is 17.5 Å². The lowest BCUT2D eigenvalue weighted by Gasteiger charge is -2.09. The van der Waals surface area contributed by atoms with Gasteiger partial charge in [-0.15, -0.1) is 0 Å². The molecule has 2 rings (SSSR count). The topological polar surface area (TPSA) is 67.4 Å². The number of carbonyl (C=O) groups excluding carboxylic acids is 2. The van der Waals surface area contributed by atoms with Gasteiger partial charge in [-0.1, -0.05) is 0 Å². The summed E-state index contributed by atoms with van der Waals surface area (Å²) in [4.78, 5) is 23.5. The molecule has 126 valence electrons. The maximum Gasteiger partial charge on any atom is 0.251 e. The number of anilines is 1. The summed E-state index contributed by atoms with van der Waals surface area (Å²) in [5.74, 6) is -5.31. The fourth-order valence-electron chi connectivity index (χ4n) is 1.82. The number of halogens is 3. The van der Waals surface area contributed by atoms with E-state index in [4.69, 9.17) is 4.74 Å². The van der Waals surface area contributed by atoms with E-state index in [2.05, 4.69) is 5.32 Å². The van der Waals surface area contributed by atoms with E-state index in [1.165, 1.54) is 19.2 Å². The van der Waals surface area contributed by atoms with Crippen molar-refractivity contribution in [3.8, 4) is 5.75 Å². The van der Waals surface area contributed by atoms with Crippen LogP contribution < -0.4 is 15.4 Å². The monoisotopic (exact) mass is 338 g/mol. The van der Waals surface area contributed by atoms with Gasteiger partial charge in [-0.25, -0.2) is 13.2 Å². The highest BCUT2D eigenvalue weighted by Gasteiger charge is 2.15. The maximum absolute atomic E-state index is 13.4. The lowest BCUT2D eigenvalue weighted by molar-refractivity contribution is -0.115. The molecule has 2 aromatic carbocycles. The molecule has 0 heterocycles. The van der Waals surface area contributed by atoms with E-state index in [9.17, 15) is 22.8 Å². The Balaban J connectivity index is 1.93. The Hall–Kier alpha value is -3.03. The molecular formula is C16H13F3N2O3. The zero-order valence-corrected chi connectivity index (χ0v) is 12.5. The molecule has 0 saturated carbocycles. The van der Waals surface area contributed by atoms with Crippen LogP contribution in [0.2, 0.25) is 0 Å². The Labute approximate surface area is 135 Å². The first-order valence-corrected chi connectivity index (χ1v) is 6.78. The smallest absolute Gasteiger partial charge is 0.251 e. The van der Waals surface area contributed by atoms with Crippen molar-refractivity contribution >= 4 is 17.5 Å². The minimum Gasteiger partial charge on any atom is -0.497 e. The van der Waals surface area contributed by atoms with Crippen LogP contribution in [-0.4, -0.2) is 25.5 Å². The highest BCUT2D eigenvalue weighted by Crippen LogP contribution is 2.19. The largest absolute Gasteiger partial charge is 0.497 e. The van der Waals surface area contributed by atoms with Crippen LogP contribution in [0.4, 0.5) is 18.9 Å². The summed E-state index contributed by atoms with van der Waals surface area (Å²) in [6, 6.07) is 7.72. The molecule has 0 unspecified atom stereocenters. The number of carbonyl (C=O) groups is 2. The normalized spacial score (nSPS) is 10.2. The summed E-state index contributed by atoms with van der Waals surface area (Å²) >= 11 is 0. The minimum absolute atomic E-state index is 0.294. The van der Waals surface area contributed by atoms with Gasteiger partial charge in [0.25, 0.3) is 5.91 Å². The Kier molecular flexibility index (Phi) is 5.41. The van der Waals surface area contributed by atoms with Crippen molar-refractivity contribution in [2.75, 3.05) is 19.0 Å². The molecule has 0 aromatic heterocycles. The summed E-state index contributed by atoms with van der Waals surface area (Å²) in [7, 11) is 1.48. The van der Waals surface area contributed by atoms with E-state index in [0.717, 1.165) is 6.07 Å². The number of methoxy groups -OCH3 is 1. The molecule has 8 heteroatoms. The first-order chi connectivity index (χ1) is 11.4. The average Bonchev–Trinajstić information content (AvgIpc) is 2.60. The standard InChI is InChI=1S/C16H13F3N2O3/c1-24-10-4-2-9(3-5-10)16(23)20-8-13(22)21-12-7-6-11(17)14(18)15(12)19/h2-7H,8H2,1H3,(H,20,23)(H,21,22). The van der Waals surface area contributed by atoms with E-state index in [-0.39, 0.29) is 0 Å². The van der Waals surface area contributed by atoms with Crippen LogP contribution in [0.25, 0.3) is 0 Å². The van der Waals surface area contributed by atoms with Crippen LogP contribution in [0.5, 0.6) is 5.75 Å². The highest BCUT2D eigenvalue weighted by atomic mass is 19.2. The number of benzene rings is 2. The zero-order chi connectivity index (χ0) is 17.7. The summed E-state index contributed by atoms with van der Waals surface area (Å²) in [6.07, 6.45) is 0. The third kappa shape index (κ3) is 4.03. The number of hydrogen-bond acceptors (Lipinski definition) is 3. The first-order valence-electron chi connectivity index (χ1n) is 6.78. The molecule has 2 aromatic rings.